The molecule has 3 N–H and O–H groups in total. The topological polar surface area (TPSA) is 120 Å². The zero-order valence-electron chi connectivity index (χ0n) is 27.4. The number of rotatable bonds is 12. The Kier molecular flexibility index (Phi) is 11.3. The highest BCUT2D eigenvalue weighted by Gasteiger charge is 2.28. The van der Waals surface area contributed by atoms with Crippen LogP contribution in [0.3, 0.4) is 0 Å². The molecule has 0 aliphatic carbocycles. The average Bonchev–Trinajstić information content (AvgIpc) is 3.78. The number of benzene rings is 4. The van der Waals surface area contributed by atoms with Crippen LogP contribution in [0.5, 0.6) is 0 Å². The van der Waals surface area contributed by atoms with Gasteiger partial charge in [-0.3, -0.25) is 14.3 Å². The van der Waals surface area contributed by atoms with E-state index in [-0.39, 0.29) is 24.0 Å². The summed E-state index contributed by atoms with van der Waals surface area (Å²) in [4.78, 5) is 52.0. The van der Waals surface area contributed by atoms with E-state index in [1.807, 2.05) is 6.07 Å². The van der Waals surface area contributed by atoms with E-state index in [0.717, 1.165) is 33.7 Å². The number of anilines is 2. The smallest absolute Gasteiger partial charge is 0.325 e. The van der Waals surface area contributed by atoms with Crippen molar-refractivity contribution in [1.29, 1.82) is 0 Å². The third-order valence-corrected chi connectivity index (χ3v) is 10.3. The molecule has 0 saturated carbocycles. The van der Waals surface area contributed by atoms with Crippen LogP contribution in [0, 0.1) is 23.3 Å². The van der Waals surface area contributed by atoms with Crippen molar-refractivity contribution in [1.82, 2.24) is 24.7 Å². The van der Waals surface area contributed by atoms with Crippen molar-refractivity contribution in [2.75, 3.05) is 23.9 Å². The van der Waals surface area contributed by atoms with Crippen molar-refractivity contribution in [3.05, 3.63) is 118 Å². The number of halogens is 4. The average molecular weight is 768 g/mol. The molecule has 6 rings (SSSR count). The highest BCUT2D eigenvalue weighted by molar-refractivity contribution is 7.96. The van der Waals surface area contributed by atoms with Gasteiger partial charge >= 0.3 is 6.03 Å². The fourth-order valence-corrected chi connectivity index (χ4v) is 7.33. The normalized spacial score (nSPS) is 12.4. The molecule has 0 aliphatic heterocycles. The number of hydrogen-bond donors (Lipinski definition) is 3. The van der Waals surface area contributed by atoms with Gasteiger partial charge in [0.2, 0.25) is 11.8 Å². The number of urea groups is 1. The second-order valence-electron chi connectivity index (χ2n) is 11.7. The molecule has 17 heteroatoms. The maximum atomic E-state index is 14.1. The summed E-state index contributed by atoms with van der Waals surface area (Å²) >= 11 is 3.48. The molecule has 2 heterocycles. The van der Waals surface area contributed by atoms with E-state index >= 15 is 0 Å². The molecule has 268 valence electrons. The molecule has 6 aromatic rings. The number of aromatic nitrogens is 2. The lowest BCUT2D eigenvalue weighted by molar-refractivity contribution is -0.120. The first-order valence-electron chi connectivity index (χ1n) is 15.5. The number of fused-ring (bicyclic) bond motifs is 2. The number of nitrogens with zero attached hydrogens (tertiary/aromatic N) is 4. The van der Waals surface area contributed by atoms with Crippen LogP contribution in [0.1, 0.15) is 11.1 Å². The van der Waals surface area contributed by atoms with Crippen LogP contribution >= 0.6 is 34.8 Å². The van der Waals surface area contributed by atoms with Crippen LogP contribution in [0.2, 0.25) is 0 Å². The van der Waals surface area contributed by atoms with Crippen LogP contribution in [-0.4, -0.2) is 54.0 Å². The quantitative estimate of drug-likeness (QED) is 0.0931. The molecule has 2 atom stereocenters. The fourth-order valence-electron chi connectivity index (χ4n) is 5.47. The molecule has 10 nitrogen and oxygen atoms in total. The zero-order chi connectivity index (χ0) is 36.9. The lowest BCUT2D eigenvalue weighted by atomic mass is 10.0. The van der Waals surface area contributed by atoms with Gasteiger partial charge < -0.3 is 15.1 Å². The molecule has 0 spiro atoms. The van der Waals surface area contributed by atoms with Gasteiger partial charge in [0.1, 0.15) is 35.4 Å². The van der Waals surface area contributed by atoms with E-state index in [0.29, 0.717) is 46.7 Å². The van der Waals surface area contributed by atoms with Gasteiger partial charge in [-0.05, 0) is 78.2 Å². The molecule has 0 bridgehead atoms. The fraction of sp³-hybridized carbons (Fsp3) is 0.171. The van der Waals surface area contributed by atoms with E-state index in [1.54, 1.807) is 41.4 Å². The minimum Gasteiger partial charge on any atom is -0.325 e. The van der Waals surface area contributed by atoms with Crippen molar-refractivity contribution in [3.8, 4) is 0 Å². The van der Waals surface area contributed by atoms with Gasteiger partial charge in [-0.25, -0.2) is 37.0 Å². The summed E-state index contributed by atoms with van der Waals surface area (Å²) < 4.78 is 63.5. The summed E-state index contributed by atoms with van der Waals surface area (Å²) in [7, 11) is 3.04. The highest BCUT2D eigenvalue weighted by atomic mass is 32.2. The summed E-state index contributed by atoms with van der Waals surface area (Å²) in [5, 5.41) is 2.56. The minimum atomic E-state index is -1.29. The number of carbonyl (C=O) groups excluding carboxylic acids is 3. The van der Waals surface area contributed by atoms with E-state index in [2.05, 4.69) is 24.7 Å². The molecule has 0 saturated heterocycles. The van der Waals surface area contributed by atoms with Gasteiger partial charge in [0, 0.05) is 56.2 Å². The van der Waals surface area contributed by atoms with Crippen molar-refractivity contribution in [3.63, 3.8) is 0 Å². The highest BCUT2D eigenvalue weighted by Crippen LogP contribution is 2.26. The molecule has 4 aromatic carbocycles. The van der Waals surface area contributed by atoms with Gasteiger partial charge in [-0.1, -0.05) is 0 Å². The van der Waals surface area contributed by atoms with E-state index in [9.17, 15) is 31.9 Å². The second kappa shape index (κ2) is 16.1. The number of hydrogen-bond acceptors (Lipinski definition) is 9. The van der Waals surface area contributed by atoms with Gasteiger partial charge in [-0.15, -0.1) is 22.7 Å². The lowest BCUT2D eigenvalue weighted by Gasteiger charge is -2.26. The predicted molar refractivity (Wildman–Crippen MR) is 196 cm³/mol. The van der Waals surface area contributed by atoms with E-state index in [1.165, 1.54) is 46.6 Å². The third-order valence-electron chi connectivity index (χ3n) is 8.03. The molecular formula is C35H29F4N7O3S3. The molecule has 52 heavy (non-hydrogen) atoms. The number of likely N-dealkylation sites (N-methyl/N-ethyl adjacent to an activating group) is 2. The van der Waals surface area contributed by atoms with Crippen LogP contribution in [0.25, 0.3) is 20.4 Å². The summed E-state index contributed by atoms with van der Waals surface area (Å²) in [5.41, 5.74) is 6.00. The first kappa shape index (κ1) is 36.7. The zero-order valence-corrected chi connectivity index (χ0v) is 29.9. The molecule has 0 fully saturated rings. The van der Waals surface area contributed by atoms with Gasteiger partial charge in [0.25, 0.3) is 0 Å². The van der Waals surface area contributed by atoms with Crippen LogP contribution in [0.4, 0.5) is 33.7 Å². The summed E-state index contributed by atoms with van der Waals surface area (Å²) in [6.45, 7) is 0. The lowest BCUT2D eigenvalue weighted by Crippen LogP contribution is -2.51. The van der Waals surface area contributed by atoms with Crippen molar-refractivity contribution >= 4 is 84.5 Å². The Morgan fingerprint density at radius 2 is 1.12 bits per heavy atom. The van der Waals surface area contributed by atoms with Gasteiger partial charge in [0.15, 0.2) is 0 Å². The number of amides is 4. The van der Waals surface area contributed by atoms with Gasteiger partial charge in [-0.2, -0.15) is 0 Å². The van der Waals surface area contributed by atoms with Gasteiger partial charge in [0.05, 0.1) is 31.5 Å². The monoisotopic (exact) mass is 767 g/mol. The molecule has 0 aliphatic rings. The Morgan fingerprint density at radius 1 is 0.673 bits per heavy atom. The standard InChI is InChI=1S/C35H29F4N7O3S3/c1-45(25-3-5-31-27(15-25)40-17-50-31)33(47)29(11-19-7-21(36)13-22(37)8-19)42-35(49)44-52-43-30(12-20-9-23(38)14-24(39)10-20)34(48)46(2)26-4-6-32-28(16-26)41-18-51-32/h3-10,13-18,29-30,43H,11-12H2,1-2H3,(H2,42,44,49)/t29?,30-/m0/s1. The maximum absolute atomic E-state index is 14.1. The molecule has 1 unspecified atom stereocenters. The minimum absolute atomic E-state index is 0.122. The molecule has 0 radical (unpaired) electrons. The van der Waals surface area contributed by atoms with Crippen molar-refractivity contribution < 1.29 is 31.9 Å². The van der Waals surface area contributed by atoms with Crippen LogP contribution in [0.15, 0.2) is 83.8 Å². The number of carbonyl (C=O) groups is 3. The van der Waals surface area contributed by atoms with Crippen molar-refractivity contribution in [2.45, 2.75) is 24.9 Å². The Balaban J connectivity index is 1.17. The van der Waals surface area contributed by atoms with Crippen molar-refractivity contribution in [2.24, 2.45) is 0 Å². The SMILES string of the molecule is CN(C(=O)C(Cc1cc(F)cc(F)c1)NC(=O)NSN[C@@H](Cc1cc(F)cc(F)c1)C(=O)N(C)c1ccc2scnc2c1)c1ccc2scnc2c1. The second-order valence-corrected chi connectivity index (χ2v) is 14.1. The first-order valence-corrected chi connectivity index (χ1v) is 18.1. The Labute approximate surface area is 307 Å². The number of thiazole rings is 2. The predicted octanol–water partition coefficient (Wildman–Crippen LogP) is 6.76. The molecular weight excluding hydrogens is 739 g/mol. The molecule has 2 aromatic heterocycles. The first-order chi connectivity index (χ1) is 24.9. The van der Waals surface area contributed by atoms with E-state index < -0.39 is 53.2 Å². The van der Waals surface area contributed by atoms with Crippen LogP contribution < -0.4 is 24.6 Å². The van der Waals surface area contributed by atoms with Crippen LogP contribution in [-0.2, 0) is 22.4 Å². The Bertz CT molecular complexity index is 2230. The molecule has 4 amide bonds. The Morgan fingerprint density at radius 3 is 1.60 bits per heavy atom. The maximum Gasteiger partial charge on any atom is 0.326 e. The van der Waals surface area contributed by atoms with E-state index in [4.69, 9.17) is 0 Å². The summed E-state index contributed by atoms with van der Waals surface area (Å²) in [6, 6.07) is 13.0. The largest absolute Gasteiger partial charge is 0.326 e. The summed E-state index contributed by atoms with van der Waals surface area (Å²) in [5.74, 6) is -4.42. The third kappa shape index (κ3) is 8.85. The number of nitrogens with one attached hydrogen (secondary N) is 3. The Hall–Kier alpha value is -5.10. The summed E-state index contributed by atoms with van der Waals surface area (Å²) in [6.07, 6.45) is -0.420.